The van der Waals surface area contributed by atoms with Gasteiger partial charge < -0.3 is 19.2 Å². The first kappa shape index (κ1) is 22.0. The van der Waals surface area contributed by atoms with E-state index in [0.717, 1.165) is 39.6 Å². The zero-order valence-electron chi connectivity index (χ0n) is 20.3. The van der Waals surface area contributed by atoms with Gasteiger partial charge in [0.2, 0.25) is 0 Å². The Hall–Kier alpha value is -4.52. The number of rotatable bonds is 4. The van der Waals surface area contributed by atoms with Gasteiger partial charge in [0.25, 0.3) is 0 Å². The summed E-state index contributed by atoms with van der Waals surface area (Å²) < 4.78 is 9.60. The number of amides is 2. The van der Waals surface area contributed by atoms with Crippen molar-refractivity contribution in [2.45, 2.75) is 33.0 Å². The van der Waals surface area contributed by atoms with Crippen LogP contribution in [0.5, 0.6) is 0 Å². The third kappa shape index (κ3) is 3.79. The van der Waals surface area contributed by atoms with Crippen LogP contribution in [0.3, 0.4) is 0 Å². The molecule has 0 bridgehead atoms. The standard InChI is InChI=1S/C29H27N5O2/c1-20-9-6-10-22(17-20)27-26-14-7-15-32(26)28-25(21(2)31-34(28)23-11-4-3-5-12-23)19-33(27)29(35)30-18-24-13-8-16-36-24/h3-17,27H,18-19H2,1-2H3,(H,30,35)/t27-/m1/s1. The minimum atomic E-state index is -0.285. The Kier molecular flexibility index (Phi) is 5.45. The van der Waals surface area contributed by atoms with Crippen molar-refractivity contribution in [1.82, 2.24) is 24.6 Å². The van der Waals surface area contributed by atoms with Gasteiger partial charge in [-0.25, -0.2) is 9.48 Å². The SMILES string of the molecule is Cc1cccc([C@@H]2c3cccn3-c3c(c(C)nn3-c3ccccc3)CN2C(=O)NCc2ccco2)c1. The molecule has 1 aliphatic heterocycles. The van der Waals surface area contributed by atoms with Crippen molar-refractivity contribution in [2.75, 3.05) is 0 Å². The van der Waals surface area contributed by atoms with Crippen molar-refractivity contribution in [3.05, 3.63) is 125 Å². The van der Waals surface area contributed by atoms with Crippen LogP contribution in [0.2, 0.25) is 0 Å². The second-order valence-electron chi connectivity index (χ2n) is 9.12. The van der Waals surface area contributed by atoms with E-state index in [9.17, 15) is 4.79 Å². The summed E-state index contributed by atoms with van der Waals surface area (Å²) in [5.74, 6) is 1.67. The molecule has 7 heteroatoms. The highest BCUT2D eigenvalue weighted by atomic mass is 16.3. The number of furan rings is 1. The Morgan fingerprint density at radius 1 is 1.03 bits per heavy atom. The quantitative estimate of drug-likeness (QED) is 0.362. The Balaban J connectivity index is 1.51. The van der Waals surface area contributed by atoms with Crippen molar-refractivity contribution in [3.63, 3.8) is 0 Å². The fraction of sp³-hybridized carbons (Fsp3) is 0.172. The van der Waals surface area contributed by atoms with E-state index >= 15 is 0 Å². The van der Waals surface area contributed by atoms with Gasteiger partial charge in [0.1, 0.15) is 11.6 Å². The zero-order valence-corrected chi connectivity index (χ0v) is 20.3. The van der Waals surface area contributed by atoms with E-state index in [4.69, 9.17) is 9.52 Å². The highest BCUT2D eigenvalue weighted by Gasteiger charge is 2.36. The number of benzene rings is 2. The molecule has 4 heterocycles. The highest BCUT2D eigenvalue weighted by Crippen LogP contribution is 2.38. The number of para-hydroxylation sites is 1. The Labute approximate surface area is 209 Å². The van der Waals surface area contributed by atoms with Crippen LogP contribution in [0.1, 0.15) is 39.9 Å². The monoisotopic (exact) mass is 477 g/mol. The summed E-state index contributed by atoms with van der Waals surface area (Å²) in [7, 11) is 0. The summed E-state index contributed by atoms with van der Waals surface area (Å²) in [5, 5.41) is 7.96. The minimum Gasteiger partial charge on any atom is -0.467 e. The van der Waals surface area contributed by atoms with Gasteiger partial charge in [-0.15, -0.1) is 0 Å². The van der Waals surface area contributed by atoms with Crippen LogP contribution >= 0.6 is 0 Å². The lowest BCUT2D eigenvalue weighted by Gasteiger charge is -2.31. The maximum absolute atomic E-state index is 13.8. The number of nitrogens with one attached hydrogen (secondary N) is 1. The predicted octanol–water partition coefficient (Wildman–Crippen LogP) is 5.69. The molecule has 0 radical (unpaired) electrons. The van der Waals surface area contributed by atoms with Crippen molar-refractivity contribution in [1.29, 1.82) is 0 Å². The molecule has 1 aliphatic rings. The first-order valence-electron chi connectivity index (χ1n) is 12.0. The first-order valence-corrected chi connectivity index (χ1v) is 12.0. The fourth-order valence-electron chi connectivity index (χ4n) is 5.02. The molecule has 1 N–H and O–H groups in total. The topological polar surface area (TPSA) is 68.2 Å². The molecule has 7 nitrogen and oxygen atoms in total. The summed E-state index contributed by atoms with van der Waals surface area (Å²) in [6, 6.07) is 25.8. The third-order valence-corrected chi connectivity index (χ3v) is 6.70. The lowest BCUT2D eigenvalue weighted by Crippen LogP contribution is -2.41. The van der Waals surface area contributed by atoms with Crippen molar-refractivity contribution in [2.24, 2.45) is 0 Å². The van der Waals surface area contributed by atoms with Crippen molar-refractivity contribution >= 4 is 6.03 Å². The summed E-state index contributed by atoms with van der Waals surface area (Å²) in [5.41, 5.74) is 6.09. The van der Waals surface area contributed by atoms with Crippen LogP contribution in [0.4, 0.5) is 4.79 Å². The van der Waals surface area contributed by atoms with Gasteiger partial charge in [-0.1, -0.05) is 48.0 Å². The van der Waals surface area contributed by atoms with Crippen LogP contribution in [-0.2, 0) is 13.1 Å². The molecular weight excluding hydrogens is 450 g/mol. The van der Waals surface area contributed by atoms with Crippen LogP contribution in [-0.4, -0.2) is 25.3 Å². The van der Waals surface area contributed by atoms with Gasteiger partial charge in [-0.05, 0) is 55.8 Å². The zero-order chi connectivity index (χ0) is 24.6. The normalized spacial score (nSPS) is 14.7. The van der Waals surface area contributed by atoms with Gasteiger partial charge >= 0.3 is 6.03 Å². The molecule has 2 aromatic carbocycles. The second-order valence-corrected chi connectivity index (χ2v) is 9.12. The number of fused-ring (bicyclic) bond motifs is 3. The molecule has 0 saturated carbocycles. The molecule has 1 atom stereocenters. The maximum atomic E-state index is 13.8. The predicted molar refractivity (Wildman–Crippen MR) is 137 cm³/mol. The van der Waals surface area contributed by atoms with Crippen LogP contribution < -0.4 is 5.32 Å². The maximum Gasteiger partial charge on any atom is 0.318 e. The molecule has 180 valence electrons. The van der Waals surface area contributed by atoms with Crippen LogP contribution in [0.25, 0.3) is 11.5 Å². The number of carbonyl (C=O) groups excluding carboxylic acids is 1. The van der Waals surface area contributed by atoms with Crippen molar-refractivity contribution in [3.8, 4) is 11.5 Å². The largest absolute Gasteiger partial charge is 0.467 e. The second kappa shape index (κ2) is 8.92. The summed E-state index contributed by atoms with van der Waals surface area (Å²) in [4.78, 5) is 15.7. The molecule has 36 heavy (non-hydrogen) atoms. The molecular formula is C29H27N5O2. The minimum absolute atomic E-state index is 0.162. The van der Waals surface area contributed by atoms with E-state index in [1.54, 1.807) is 6.26 Å². The number of aromatic nitrogens is 3. The highest BCUT2D eigenvalue weighted by molar-refractivity contribution is 5.76. The van der Waals surface area contributed by atoms with Gasteiger partial charge in [-0.3, -0.25) is 0 Å². The summed E-state index contributed by atoms with van der Waals surface area (Å²) >= 11 is 0. The van der Waals surface area contributed by atoms with Gasteiger partial charge in [0.05, 0.1) is 42.5 Å². The molecule has 2 amide bonds. The fourth-order valence-corrected chi connectivity index (χ4v) is 5.02. The molecule has 0 saturated heterocycles. The van der Waals surface area contributed by atoms with E-state index in [1.165, 1.54) is 0 Å². The van der Waals surface area contributed by atoms with Gasteiger partial charge in [-0.2, -0.15) is 5.10 Å². The van der Waals surface area contributed by atoms with Crippen LogP contribution in [0, 0.1) is 13.8 Å². The number of carbonyl (C=O) groups is 1. The lowest BCUT2D eigenvalue weighted by molar-refractivity contribution is 0.179. The summed E-state index contributed by atoms with van der Waals surface area (Å²) in [6.07, 6.45) is 3.67. The molecule has 0 aliphatic carbocycles. The number of hydrogen-bond acceptors (Lipinski definition) is 3. The number of urea groups is 1. The molecule has 0 spiro atoms. The first-order chi connectivity index (χ1) is 17.6. The molecule has 3 aromatic heterocycles. The van der Waals surface area contributed by atoms with E-state index in [0.29, 0.717) is 18.8 Å². The van der Waals surface area contributed by atoms with Gasteiger partial charge in [0, 0.05) is 11.8 Å². The third-order valence-electron chi connectivity index (χ3n) is 6.70. The molecule has 0 unspecified atom stereocenters. The molecule has 5 aromatic rings. The molecule has 6 rings (SSSR count). The average Bonchev–Trinajstić information content (AvgIpc) is 3.63. The smallest absolute Gasteiger partial charge is 0.318 e. The van der Waals surface area contributed by atoms with E-state index in [2.05, 4.69) is 47.3 Å². The van der Waals surface area contributed by atoms with Crippen LogP contribution in [0.15, 0.2) is 95.7 Å². The number of aryl methyl sites for hydroxylation is 2. The number of hydrogen-bond donors (Lipinski definition) is 1. The van der Waals surface area contributed by atoms with E-state index in [1.807, 2.05) is 71.1 Å². The number of nitrogens with zero attached hydrogens (tertiary/aromatic N) is 4. The molecule has 0 fully saturated rings. The lowest BCUT2D eigenvalue weighted by atomic mass is 10.00. The van der Waals surface area contributed by atoms with E-state index < -0.39 is 0 Å². The van der Waals surface area contributed by atoms with Crippen molar-refractivity contribution < 1.29 is 9.21 Å². The van der Waals surface area contributed by atoms with Gasteiger partial charge in [0.15, 0.2) is 0 Å². The Morgan fingerprint density at radius 3 is 2.67 bits per heavy atom. The van der Waals surface area contributed by atoms with E-state index in [-0.39, 0.29) is 12.1 Å². The Bertz CT molecular complexity index is 1510. The summed E-state index contributed by atoms with van der Waals surface area (Å²) in [6.45, 7) is 4.82. The average molecular weight is 478 g/mol. The Morgan fingerprint density at radius 2 is 1.89 bits per heavy atom.